The number of hydrogen-bond acceptors (Lipinski definition) is 2. The molecule has 13 heavy (non-hydrogen) atoms. The summed E-state index contributed by atoms with van der Waals surface area (Å²) < 4.78 is 5.42. The summed E-state index contributed by atoms with van der Waals surface area (Å²) in [4.78, 5) is 11.4. The van der Waals surface area contributed by atoms with E-state index in [0.29, 0.717) is 0 Å². The van der Waals surface area contributed by atoms with E-state index in [9.17, 15) is 4.79 Å². The van der Waals surface area contributed by atoms with E-state index in [-0.39, 0.29) is 23.9 Å². The molecule has 0 rings (SSSR count). The molecular weight excluding hydrogens is 164 g/mol. The fraction of sp³-hybridized carbons (Fsp3) is 0.909. The Kier molecular flexibility index (Phi) is 5.23. The van der Waals surface area contributed by atoms with Crippen LogP contribution < -0.4 is 0 Å². The fourth-order valence-electron chi connectivity index (χ4n) is 0.924. The van der Waals surface area contributed by atoms with Crippen molar-refractivity contribution in [1.82, 2.24) is 0 Å². The normalized spacial score (nSPS) is 14.2. The molecule has 0 saturated carbocycles. The van der Waals surface area contributed by atoms with Gasteiger partial charge in [-0.1, -0.05) is 34.1 Å². The molecule has 0 fully saturated rings. The fourth-order valence-corrected chi connectivity index (χ4v) is 0.924. The highest BCUT2D eigenvalue weighted by molar-refractivity contribution is 5.84. The Labute approximate surface area is 81.7 Å². The summed E-state index contributed by atoms with van der Waals surface area (Å²) in [7, 11) is 0. The zero-order valence-corrected chi connectivity index (χ0v) is 9.52. The summed E-state index contributed by atoms with van der Waals surface area (Å²) in [5.41, 5.74) is -0.272. The maximum Gasteiger partial charge on any atom is 0.163 e. The lowest BCUT2D eigenvalue weighted by atomic mass is 9.91. The average Bonchev–Trinajstić information content (AvgIpc) is 1.99. The highest BCUT2D eigenvalue weighted by Crippen LogP contribution is 2.15. The highest BCUT2D eigenvalue weighted by atomic mass is 16.5. The van der Waals surface area contributed by atoms with Crippen LogP contribution in [0.3, 0.4) is 0 Å². The average molecular weight is 186 g/mol. The number of ether oxygens (including phenoxy) is 1. The van der Waals surface area contributed by atoms with Crippen molar-refractivity contribution in [2.45, 2.75) is 53.6 Å². The molecule has 0 saturated heterocycles. The first-order chi connectivity index (χ1) is 5.88. The minimum absolute atomic E-state index is 0.176. The molecule has 0 radical (unpaired) electrons. The van der Waals surface area contributed by atoms with Crippen molar-refractivity contribution in [2.75, 3.05) is 6.61 Å². The highest BCUT2D eigenvalue weighted by Gasteiger charge is 2.21. The first-order valence-electron chi connectivity index (χ1n) is 5.02. The van der Waals surface area contributed by atoms with Crippen molar-refractivity contribution < 1.29 is 9.53 Å². The van der Waals surface area contributed by atoms with Crippen molar-refractivity contribution >= 4 is 5.78 Å². The third-order valence-corrected chi connectivity index (χ3v) is 2.03. The van der Waals surface area contributed by atoms with Crippen molar-refractivity contribution in [3.8, 4) is 0 Å². The lowest BCUT2D eigenvalue weighted by molar-refractivity contribution is -0.132. The summed E-state index contributed by atoms with van der Waals surface area (Å²) >= 11 is 0. The molecule has 0 heterocycles. The lowest BCUT2D eigenvalue weighted by Gasteiger charge is -2.18. The number of carbonyl (C=O) groups excluding carboxylic acids is 1. The third-order valence-electron chi connectivity index (χ3n) is 2.03. The van der Waals surface area contributed by atoms with E-state index >= 15 is 0 Å². The van der Waals surface area contributed by atoms with E-state index in [1.807, 2.05) is 27.7 Å². The van der Waals surface area contributed by atoms with Crippen LogP contribution >= 0.6 is 0 Å². The van der Waals surface area contributed by atoms with Gasteiger partial charge in [0.2, 0.25) is 0 Å². The third kappa shape index (κ3) is 5.81. The second-order valence-corrected chi connectivity index (χ2v) is 4.58. The molecule has 1 unspecified atom stereocenters. The molecule has 2 heteroatoms. The number of ketones is 1. The number of Topliss-reactive ketones (excluding diaryl/α,β-unsaturated/α-hetero) is 1. The quantitative estimate of drug-likeness (QED) is 0.660. The first-order valence-corrected chi connectivity index (χ1v) is 5.02. The molecule has 0 aromatic carbocycles. The van der Waals surface area contributed by atoms with Crippen LogP contribution in [0, 0.1) is 5.41 Å². The minimum Gasteiger partial charge on any atom is -0.371 e. The van der Waals surface area contributed by atoms with Gasteiger partial charge in [-0.15, -0.1) is 0 Å². The predicted octanol–water partition coefficient (Wildman–Crippen LogP) is 2.81. The van der Waals surface area contributed by atoms with Gasteiger partial charge in [-0.2, -0.15) is 0 Å². The van der Waals surface area contributed by atoms with E-state index < -0.39 is 0 Å². The molecule has 1 atom stereocenters. The van der Waals surface area contributed by atoms with E-state index in [1.54, 1.807) is 0 Å². The molecule has 0 aliphatic rings. The predicted molar refractivity (Wildman–Crippen MR) is 54.8 cm³/mol. The maximum absolute atomic E-state index is 11.4. The smallest absolute Gasteiger partial charge is 0.163 e. The van der Waals surface area contributed by atoms with Gasteiger partial charge in [0.15, 0.2) is 5.78 Å². The van der Waals surface area contributed by atoms with E-state index in [0.717, 1.165) is 12.8 Å². The van der Waals surface area contributed by atoms with Crippen LogP contribution in [-0.4, -0.2) is 18.5 Å². The second kappa shape index (κ2) is 5.38. The topological polar surface area (TPSA) is 26.3 Å². The summed E-state index contributed by atoms with van der Waals surface area (Å²) in [6, 6.07) is 0. The maximum atomic E-state index is 11.4. The molecule has 0 spiro atoms. The van der Waals surface area contributed by atoms with Gasteiger partial charge < -0.3 is 4.74 Å². The van der Waals surface area contributed by atoms with Crippen molar-refractivity contribution in [3.05, 3.63) is 0 Å². The first kappa shape index (κ1) is 12.6. The molecule has 0 amide bonds. The summed E-state index contributed by atoms with van der Waals surface area (Å²) in [6.07, 6.45) is 2.33. The van der Waals surface area contributed by atoms with Crippen molar-refractivity contribution in [2.24, 2.45) is 5.41 Å². The largest absolute Gasteiger partial charge is 0.371 e. The van der Waals surface area contributed by atoms with Crippen LogP contribution in [0.5, 0.6) is 0 Å². The Morgan fingerprint density at radius 1 is 1.38 bits per heavy atom. The molecule has 0 aliphatic carbocycles. The Hall–Kier alpha value is -0.370. The number of carbonyl (C=O) groups is 1. The van der Waals surface area contributed by atoms with Crippen LogP contribution in [0.2, 0.25) is 0 Å². The summed E-state index contributed by atoms with van der Waals surface area (Å²) in [5, 5.41) is 0. The van der Waals surface area contributed by atoms with Crippen molar-refractivity contribution in [3.63, 3.8) is 0 Å². The van der Waals surface area contributed by atoms with Gasteiger partial charge in [-0.05, 0) is 13.3 Å². The summed E-state index contributed by atoms with van der Waals surface area (Å²) in [6.45, 7) is 10.1. The Morgan fingerprint density at radius 3 is 2.31 bits per heavy atom. The monoisotopic (exact) mass is 186 g/mol. The van der Waals surface area contributed by atoms with Crippen LogP contribution in [0.1, 0.15) is 47.5 Å². The molecule has 78 valence electrons. The van der Waals surface area contributed by atoms with Gasteiger partial charge in [0.25, 0.3) is 0 Å². The zero-order valence-electron chi connectivity index (χ0n) is 9.52. The Balaban J connectivity index is 3.71. The molecule has 2 nitrogen and oxygen atoms in total. The summed E-state index contributed by atoms with van der Waals surface area (Å²) in [5.74, 6) is 0.176. The van der Waals surface area contributed by atoms with E-state index in [2.05, 4.69) is 6.92 Å². The van der Waals surface area contributed by atoms with Crippen LogP contribution in [0.25, 0.3) is 0 Å². The molecule has 0 aliphatic heterocycles. The number of hydrogen-bond donors (Lipinski definition) is 0. The van der Waals surface area contributed by atoms with Gasteiger partial charge in [0, 0.05) is 5.41 Å². The van der Waals surface area contributed by atoms with E-state index in [4.69, 9.17) is 4.74 Å². The standard InChI is InChI=1S/C11H22O2/c1-6-7-9(2)13-8-10(12)11(3,4)5/h9H,6-8H2,1-5H3. The van der Waals surface area contributed by atoms with Crippen molar-refractivity contribution in [1.29, 1.82) is 0 Å². The second-order valence-electron chi connectivity index (χ2n) is 4.58. The molecule has 0 bridgehead atoms. The molecule has 0 N–H and O–H groups in total. The van der Waals surface area contributed by atoms with Gasteiger partial charge in [-0.25, -0.2) is 0 Å². The van der Waals surface area contributed by atoms with Crippen LogP contribution in [0.15, 0.2) is 0 Å². The minimum atomic E-state index is -0.272. The molecular formula is C11H22O2. The number of rotatable bonds is 5. The molecule has 0 aromatic rings. The van der Waals surface area contributed by atoms with E-state index in [1.165, 1.54) is 0 Å². The van der Waals surface area contributed by atoms with Crippen LogP contribution in [-0.2, 0) is 9.53 Å². The SMILES string of the molecule is CCCC(C)OCC(=O)C(C)(C)C. The van der Waals surface area contributed by atoms with Gasteiger partial charge in [-0.3, -0.25) is 4.79 Å². The Morgan fingerprint density at radius 2 is 1.92 bits per heavy atom. The van der Waals surface area contributed by atoms with Crippen LogP contribution in [0.4, 0.5) is 0 Å². The zero-order chi connectivity index (χ0) is 10.5. The molecule has 0 aromatic heterocycles. The Bertz CT molecular complexity index is 156. The van der Waals surface area contributed by atoms with Gasteiger partial charge in [0.05, 0.1) is 6.10 Å². The van der Waals surface area contributed by atoms with Gasteiger partial charge in [0.1, 0.15) is 6.61 Å². The van der Waals surface area contributed by atoms with Gasteiger partial charge >= 0.3 is 0 Å². The lowest BCUT2D eigenvalue weighted by Crippen LogP contribution is -2.26.